The van der Waals surface area contributed by atoms with Crippen molar-refractivity contribution in [2.75, 3.05) is 0 Å². The van der Waals surface area contributed by atoms with Gasteiger partial charge >= 0.3 is 0 Å². The summed E-state index contributed by atoms with van der Waals surface area (Å²) in [4.78, 5) is 0. The van der Waals surface area contributed by atoms with Gasteiger partial charge in [0.2, 0.25) is 0 Å². The Morgan fingerprint density at radius 2 is 1.87 bits per heavy atom. The Balaban J connectivity index is 1.97. The van der Waals surface area contributed by atoms with Crippen molar-refractivity contribution in [3.8, 4) is 0 Å². The molecule has 1 saturated carbocycles. The van der Waals surface area contributed by atoms with Gasteiger partial charge in [0.05, 0.1) is 5.69 Å². The van der Waals surface area contributed by atoms with Crippen LogP contribution in [-0.2, 0) is 0 Å². The Labute approximate surface area is 91.2 Å². The summed E-state index contributed by atoms with van der Waals surface area (Å²) < 4.78 is 0. The van der Waals surface area contributed by atoms with Crippen molar-refractivity contribution in [2.24, 2.45) is 5.92 Å². The van der Waals surface area contributed by atoms with E-state index in [4.69, 9.17) is 5.32 Å². The SMILES string of the molecule is CC1=C(C2CCCC2)[N]c2ccccc21. The molecule has 1 fully saturated rings. The first-order valence-corrected chi connectivity index (χ1v) is 5.88. The number of benzene rings is 1. The number of rotatable bonds is 1. The smallest absolute Gasteiger partial charge is 0.0708 e. The van der Waals surface area contributed by atoms with Crippen molar-refractivity contribution in [3.05, 3.63) is 35.5 Å². The van der Waals surface area contributed by atoms with E-state index in [-0.39, 0.29) is 0 Å². The summed E-state index contributed by atoms with van der Waals surface area (Å²) in [6.45, 7) is 2.23. The second-order valence-electron chi connectivity index (χ2n) is 4.62. The van der Waals surface area contributed by atoms with Crippen molar-refractivity contribution in [1.82, 2.24) is 5.32 Å². The third-order valence-electron chi connectivity index (χ3n) is 3.68. The number of hydrogen-bond donors (Lipinski definition) is 0. The van der Waals surface area contributed by atoms with Crippen molar-refractivity contribution in [1.29, 1.82) is 0 Å². The lowest BCUT2D eigenvalue weighted by Crippen LogP contribution is -2.04. The second-order valence-corrected chi connectivity index (χ2v) is 4.62. The van der Waals surface area contributed by atoms with Crippen LogP contribution >= 0.6 is 0 Å². The van der Waals surface area contributed by atoms with Gasteiger partial charge in [0.1, 0.15) is 0 Å². The summed E-state index contributed by atoms with van der Waals surface area (Å²) in [6, 6.07) is 8.50. The van der Waals surface area contributed by atoms with Crippen LogP contribution in [0.1, 0.15) is 38.2 Å². The highest BCUT2D eigenvalue weighted by atomic mass is 14.9. The molecule has 1 aromatic rings. The van der Waals surface area contributed by atoms with Crippen LogP contribution in [0.5, 0.6) is 0 Å². The fourth-order valence-corrected chi connectivity index (χ4v) is 2.84. The van der Waals surface area contributed by atoms with Crippen molar-refractivity contribution in [3.63, 3.8) is 0 Å². The second kappa shape index (κ2) is 3.41. The van der Waals surface area contributed by atoms with E-state index in [2.05, 4.69) is 31.2 Å². The maximum Gasteiger partial charge on any atom is 0.0708 e. The summed E-state index contributed by atoms with van der Waals surface area (Å²) in [5.74, 6) is 0.734. The van der Waals surface area contributed by atoms with Gasteiger partial charge in [-0.25, -0.2) is 0 Å². The zero-order valence-electron chi connectivity index (χ0n) is 9.16. The lowest BCUT2D eigenvalue weighted by Gasteiger charge is -2.10. The van der Waals surface area contributed by atoms with Crippen LogP contribution in [0.25, 0.3) is 5.57 Å². The van der Waals surface area contributed by atoms with Crippen LogP contribution in [0.4, 0.5) is 5.69 Å². The highest BCUT2D eigenvalue weighted by Gasteiger charge is 2.27. The van der Waals surface area contributed by atoms with Gasteiger partial charge in [-0.3, -0.25) is 5.32 Å². The number of nitrogens with zero attached hydrogens (tertiary/aromatic N) is 1. The van der Waals surface area contributed by atoms with E-state index in [0.717, 1.165) is 5.92 Å². The van der Waals surface area contributed by atoms with Gasteiger partial charge in [0.25, 0.3) is 0 Å². The van der Waals surface area contributed by atoms with Crippen LogP contribution in [0.3, 0.4) is 0 Å². The minimum absolute atomic E-state index is 0.734. The van der Waals surface area contributed by atoms with Gasteiger partial charge in [-0.1, -0.05) is 31.0 Å². The minimum atomic E-state index is 0.734. The van der Waals surface area contributed by atoms with Crippen molar-refractivity contribution >= 4 is 11.3 Å². The molecule has 1 heterocycles. The van der Waals surface area contributed by atoms with Crippen LogP contribution in [-0.4, -0.2) is 0 Å². The van der Waals surface area contributed by atoms with E-state index >= 15 is 0 Å². The van der Waals surface area contributed by atoms with E-state index in [1.807, 2.05) is 0 Å². The van der Waals surface area contributed by atoms with Crippen LogP contribution in [0.2, 0.25) is 0 Å². The highest BCUT2D eigenvalue weighted by molar-refractivity contribution is 5.81. The molecule has 1 heteroatoms. The van der Waals surface area contributed by atoms with E-state index in [1.54, 1.807) is 0 Å². The largest absolute Gasteiger partial charge is 0.252 e. The van der Waals surface area contributed by atoms with Crippen LogP contribution in [0.15, 0.2) is 30.0 Å². The molecule has 15 heavy (non-hydrogen) atoms. The van der Waals surface area contributed by atoms with E-state index in [9.17, 15) is 0 Å². The van der Waals surface area contributed by atoms with Gasteiger partial charge in [-0.2, -0.15) is 0 Å². The minimum Gasteiger partial charge on any atom is -0.252 e. The van der Waals surface area contributed by atoms with Crippen molar-refractivity contribution < 1.29 is 0 Å². The topological polar surface area (TPSA) is 14.1 Å². The standard InChI is InChI=1S/C14H16N/c1-10-12-8-4-5-9-13(12)15-14(10)11-6-2-3-7-11/h4-5,8-9,11H,2-3,6-7H2,1H3. The fraction of sp³-hybridized carbons (Fsp3) is 0.429. The molecule has 1 aromatic carbocycles. The Morgan fingerprint density at radius 3 is 2.60 bits per heavy atom. The zero-order chi connectivity index (χ0) is 10.3. The lowest BCUT2D eigenvalue weighted by atomic mass is 9.99. The molecule has 0 aromatic heterocycles. The molecule has 1 radical (unpaired) electrons. The molecule has 2 aliphatic rings. The molecular weight excluding hydrogens is 182 g/mol. The summed E-state index contributed by atoms with van der Waals surface area (Å²) in [6.07, 6.45) is 5.44. The Bertz CT molecular complexity index is 411. The normalized spacial score (nSPS) is 20.6. The maximum absolute atomic E-state index is 4.79. The summed E-state index contributed by atoms with van der Waals surface area (Å²) in [7, 11) is 0. The number of allylic oxidation sites excluding steroid dienone is 2. The predicted octanol–water partition coefficient (Wildman–Crippen LogP) is 3.86. The number of fused-ring (bicyclic) bond motifs is 1. The molecule has 0 atom stereocenters. The molecule has 0 amide bonds. The monoisotopic (exact) mass is 198 g/mol. The molecule has 1 nitrogen and oxygen atoms in total. The Kier molecular flexibility index (Phi) is 2.05. The van der Waals surface area contributed by atoms with Gasteiger partial charge in [0, 0.05) is 17.2 Å². The average molecular weight is 198 g/mol. The van der Waals surface area contributed by atoms with Crippen molar-refractivity contribution in [2.45, 2.75) is 32.6 Å². The number of para-hydroxylation sites is 1. The highest BCUT2D eigenvalue weighted by Crippen LogP contribution is 2.41. The van der Waals surface area contributed by atoms with E-state index < -0.39 is 0 Å². The van der Waals surface area contributed by atoms with Gasteiger partial charge in [-0.15, -0.1) is 0 Å². The van der Waals surface area contributed by atoms with Crippen LogP contribution < -0.4 is 5.32 Å². The third kappa shape index (κ3) is 1.38. The maximum atomic E-state index is 4.79. The first kappa shape index (κ1) is 9.02. The third-order valence-corrected chi connectivity index (χ3v) is 3.68. The van der Waals surface area contributed by atoms with Gasteiger partial charge in [0.15, 0.2) is 0 Å². The first-order valence-electron chi connectivity index (χ1n) is 5.88. The summed E-state index contributed by atoms with van der Waals surface area (Å²) >= 11 is 0. The zero-order valence-corrected chi connectivity index (χ0v) is 9.16. The first-order chi connectivity index (χ1) is 7.36. The number of hydrogen-bond acceptors (Lipinski definition) is 0. The van der Waals surface area contributed by atoms with Gasteiger partial charge < -0.3 is 0 Å². The van der Waals surface area contributed by atoms with E-state index in [1.165, 1.54) is 48.2 Å². The predicted molar refractivity (Wildman–Crippen MR) is 62.8 cm³/mol. The molecule has 0 unspecified atom stereocenters. The lowest BCUT2D eigenvalue weighted by molar-refractivity contribution is 0.615. The fourth-order valence-electron chi connectivity index (χ4n) is 2.84. The molecule has 0 N–H and O–H groups in total. The Morgan fingerprint density at radius 1 is 1.13 bits per heavy atom. The molecule has 1 aliphatic heterocycles. The van der Waals surface area contributed by atoms with Crippen LogP contribution in [0, 0.1) is 5.92 Å². The molecule has 77 valence electrons. The molecule has 3 rings (SSSR count). The summed E-state index contributed by atoms with van der Waals surface area (Å²) in [5.41, 5.74) is 5.31. The average Bonchev–Trinajstić information content (AvgIpc) is 2.87. The molecule has 1 aliphatic carbocycles. The molecule has 0 spiro atoms. The van der Waals surface area contributed by atoms with Gasteiger partial charge in [-0.05, 0) is 31.4 Å². The van der Waals surface area contributed by atoms with E-state index in [0.29, 0.717) is 0 Å². The quantitative estimate of drug-likeness (QED) is 0.650. The molecular formula is C14H16N. The summed E-state index contributed by atoms with van der Waals surface area (Å²) in [5, 5.41) is 4.79. The molecule has 0 bridgehead atoms. The Hall–Kier alpha value is -1.24. The molecule has 0 saturated heterocycles.